The number of fused-ring (bicyclic) bond motifs is 2. The Kier molecular flexibility index (Phi) is 10.8. The van der Waals surface area contributed by atoms with Crippen LogP contribution in [0.3, 0.4) is 0 Å². The summed E-state index contributed by atoms with van der Waals surface area (Å²) in [5, 5.41) is 8.59. The number of halogens is 2. The summed E-state index contributed by atoms with van der Waals surface area (Å²) in [5.74, 6) is -3.45. The zero-order valence-corrected chi connectivity index (χ0v) is 30.6. The number of unbranched alkanes of at least 4 members (excludes halogenated alkanes) is 5. The molecule has 0 radical (unpaired) electrons. The topological polar surface area (TPSA) is 176 Å². The average molecular weight is 752 g/mol. The van der Waals surface area contributed by atoms with Crippen molar-refractivity contribution in [2.24, 2.45) is 5.73 Å². The third-order valence-corrected chi connectivity index (χ3v) is 10.7. The van der Waals surface area contributed by atoms with Crippen LogP contribution in [0.4, 0.5) is 14.5 Å². The molecule has 2 aromatic heterocycles. The minimum absolute atomic E-state index is 0.102. The molecular formula is C41H43F2N7O5. The van der Waals surface area contributed by atoms with Crippen LogP contribution in [-0.2, 0) is 22.6 Å². The number of nitrogens with zero attached hydrogens (tertiary/aromatic N) is 3. The van der Waals surface area contributed by atoms with Crippen molar-refractivity contribution < 1.29 is 32.8 Å². The highest BCUT2D eigenvalue weighted by Crippen LogP contribution is 2.44. The fraction of sp³-hybridized carbons (Fsp3) is 0.390. The van der Waals surface area contributed by atoms with Crippen molar-refractivity contribution in [2.45, 2.75) is 89.1 Å². The number of aromatic nitrogens is 2. The number of pyridine rings is 2. The number of amides is 5. The van der Waals surface area contributed by atoms with Gasteiger partial charge >= 0.3 is 0 Å². The summed E-state index contributed by atoms with van der Waals surface area (Å²) in [5.41, 5.74) is 9.63. The number of nitrogens with two attached hydrogens (primary N) is 1. The van der Waals surface area contributed by atoms with Gasteiger partial charge in [0, 0.05) is 48.6 Å². The van der Waals surface area contributed by atoms with Gasteiger partial charge in [-0.1, -0.05) is 31.7 Å². The number of imide groups is 1. The summed E-state index contributed by atoms with van der Waals surface area (Å²) in [6.07, 6.45) is 8.55. The van der Waals surface area contributed by atoms with E-state index in [1.54, 1.807) is 13.1 Å². The quantitative estimate of drug-likeness (QED) is 0.0888. The average Bonchev–Trinajstić information content (AvgIpc) is 3.96. The van der Waals surface area contributed by atoms with Crippen LogP contribution in [-0.4, -0.2) is 64.0 Å². The van der Waals surface area contributed by atoms with E-state index in [0.29, 0.717) is 46.5 Å². The number of benzene rings is 2. The summed E-state index contributed by atoms with van der Waals surface area (Å²) in [6, 6.07) is 9.74. The van der Waals surface area contributed by atoms with Gasteiger partial charge in [-0.3, -0.25) is 39.3 Å². The van der Waals surface area contributed by atoms with Crippen LogP contribution in [0.2, 0.25) is 0 Å². The van der Waals surface area contributed by atoms with Crippen LogP contribution in [0.25, 0.3) is 22.0 Å². The van der Waals surface area contributed by atoms with Gasteiger partial charge in [0.15, 0.2) is 0 Å². The van der Waals surface area contributed by atoms with Crippen molar-refractivity contribution in [2.75, 3.05) is 18.9 Å². The third kappa shape index (κ3) is 7.89. The summed E-state index contributed by atoms with van der Waals surface area (Å²) < 4.78 is 30.7. The molecule has 2 aliphatic heterocycles. The first-order valence-corrected chi connectivity index (χ1v) is 18.9. The summed E-state index contributed by atoms with van der Waals surface area (Å²) in [4.78, 5) is 72.7. The number of carbonyl (C=O) groups is 5. The molecule has 0 spiro atoms. The first-order valence-electron chi connectivity index (χ1n) is 18.9. The molecule has 286 valence electrons. The normalized spacial score (nSPS) is 16.7. The Morgan fingerprint density at radius 1 is 0.909 bits per heavy atom. The van der Waals surface area contributed by atoms with E-state index in [1.165, 1.54) is 29.2 Å². The second-order valence-corrected chi connectivity index (χ2v) is 14.5. The van der Waals surface area contributed by atoms with E-state index in [9.17, 15) is 24.0 Å². The van der Waals surface area contributed by atoms with Crippen molar-refractivity contribution >= 4 is 46.1 Å². The Hall–Kier alpha value is -5.79. The van der Waals surface area contributed by atoms with E-state index in [4.69, 9.17) is 5.73 Å². The van der Waals surface area contributed by atoms with Crippen LogP contribution >= 0.6 is 0 Å². The lowest BCUT2D eigenvalue weighted by Gasteiger charge is -2.29. The van der Waals surface area contributed by atoms with Gasteiger partial charge in [-0.2, -0.15) is 0 Å². The molecule has 1 saturated heterocycles. The van der Waals surface area contributed by atoms with Crippen molar-refractivity contribution in [3.63, 3.8) is 0 Å². The highest BCUT2D eigenvalue weighted by molar-refractivity contribution is 6.09. The monoisotopic (exact) mass is 751 g/mol. The molecule has 55 heavy (non-hydrogen) atoms. The maximum absolute atomic E-state index is 15.4. The molecule has 0 bridgehead atoms. The van der Waals surface area contributed by atoms with Gasteiger partial charge in [-0.05, 0) is 74.4 Å². The van der Waals surface area contributed by atoms with Gasteiger partial charge in [0.05, 0.1) is 45.8 Å². The number of rotatable bonds is 15. The molecule has 2 fully saturated rings. The molecule has 1 atom stereocenters. The lowest BCUT2D eigenvalue weighted by molar-refractivity contribution is -0.136. The predicted octanol–water partition coefficient (Wildman–Crippen LogP) is 5.67. The Balaban J connectivity index is 0.853. The van der Waals surface area contributed by atoms with E-state index >= 15 is 8.78 Å². The maximum atomic E-state index is 15.4. The molecule has 12 nitrogen and oxygen atoms in total. The van der Waals surface area contributed by atoms with E-state index in [1.807, 2.05) is 6.07 Å². The molecule has 2 aromatic carbocycles. The highest BCUT2D eigenvalue weighted by atomic mass is 19.1. The SMILES string of the molecule is CNc1c(C(N)=O)c(C2CC2)nc2cc(F)c(-c3ccc(C(=O)NCCCCCCCCc4ccc5c(n4)CN(C4CCC(=O)NC4=O)C5=O)c(F)c3)cc12. The number of aryl methyl sites for hydroxylation is 1. The molecule has 3 aliphatic rings. The predicted molar refractivity (Wildman–Crippen MR) is 201 cm³/mol. The Bertz CT molecular complexity index is 2220. The number of hydrogen-bond donors (Lipinski definition) is 4. The van der Waals surface area contributed by atoms with Gasteiger partial charge in [0.2, 0.25) is 11.8 Å². The largest absolute Gasteiger partial charge is 0.387 e. The van der Waals surface area contributed by atoms with Crippen molar-refractivity contribution in [3.8, 4) is 11.1 Å². The molecule has 1 aliphatic carbocycles. The number of primary amides is 1. The van der Waals surface area contributed by atoms with Gasteiger partial charge < -0.3 is 21.3 Å². The van der Waals surface area contributed by atoms with E-state index < -0.39 is 35.4 Å². The Labute approximate surface area is 316 Å². The van der Waals surface area contributed by atoms with Crippen LogP contribution in [0, 0.1) is 11.6 Å². The first-order chi connectivity index (χ1) is 26.5. The van der Waals surface area contributed by atoms with Gasteiger partial charge in [0.25, 0.3) is 17.7 Å². The third-order valence-electron chi connectivity index (χ3n) is 10.7. The molecule has 7 rings (SSSR count). The van der Waals surface area contributed by atoms with Crippen LogP contribution in [0.1, 0.15) is 118 Å². The summed E-state index contributed by atoms with van der Waals surface area (Å²) in [6.45, 7) is 0.643. The standard InChI is InChI=1S/C41H43F2N7O5/c1-45-37-28-19-27(30(43)20-31(28)48-36(22-9-10-22)35(37)38(44)52)23-11-13-25(29(42)18-23)39(53)46-17-7-5-3-2-4-6-8-24-12-14-26-32(47-24)21-50(41(26)55)33-15-16-34(51)49-40(33)54/h11-14,18-20,22,33H,2-10,15-17,21H2,1H3,(H2,44,52)(H,45,48)(H,46,53)(H,49,51,54). The summed E-state index contributed by atoms with van der Waals surface area (Å²) >= 11 is 0. The van der Waals surface area contributed by atoms with Crippen molar-refractivity contribution in [1.82, 2.24) is 25.5 Å². The molecule has 14 heteroatoms. The molecule has 4 aromatic rings. The molecule has 1 unspecified atom stereocenters. The fourth-order valence-corrected chi connectivity index (χ4v) is 7.61. The minimum Gasteiger partial charge on any atom is -0.387 e. The van der Waals surface area contributed by atoms with Gasteiger partial charge in [-0.25, -0.2) is 8.78 Å². The van der Waals surface area contributed by atoms with E-state index in [0.717, 1.165) is 69.5 Å². The molecule has 5 N–H and O–H groups in total. The van der Waals surface area contributed by atoms with E-state index in [-0.39, 0.29) is 53.0 Å². The van der Waals surface area contributed by atoms with Crippen LogP contribution < -0.4 is 21.7 Å². The number of nitrogens with one attached hydrogen (secondary N) is 3. The van der Waals surface area contributed by atoms with Crippen molar-refractivity contribution in [3.05, 3.63) is 87.9 Å². The van der Waals surface area contributed by atoms with Crippen molar-refractivity contribution in [1.29, 1.82) is 0 Å². The van der Waals surface area contributed by atoms with Gasteiger partial charge in [0.1, 0.15) is 17.7 Å². The fourth-order valence-electron chi connectivity index (χ4n) is 7.61. The Morgan fingerprint density at radius 3 is 2.38 bits per heavy atom. The van der Waals surface area contributed by atoms with E-state index in [2.05, 4.69) is 25.9 Å². The summed E-state index contributed by atoms with van der Waals surface area (Å²) in [7, 11) is 1.65. The zero-order chi connectivity index (χ0) is 38.8. The molecule has 1 saturated carbocycles. The second kappa shape index (κ2) is 15.9. The number of piperidine rings is 1. The zero-order valence-electron chi connectivity index (χ0n) is 30.6. The Morgan fingerprint density at radius 2 is 1.67 bits per heavy atom. The van der Waals surface area contributed by atoms with Crippen LogP contribution in [0.15, 0.2) is 42.5 Å². The van der Waals surface area contributed by atoms with Gasteiger partial charge in [-0.15, -0.1) is 0 Å². The lowest BCUT2D eigenvalue weighted by Crippen LogP contribution is -2.52. The van der Waals surface area contributed by atoms with Crippen LogP contribution in [0.5, 0.6) is 0 Å². The number of hydrogen-bond acceptors (Lipinski definition) is 8. The lowest BCUT2D eigenvalue weighted by atomic mass is 9.97. The highest BCUT2D eigenvalue weighted by Gasteiger charge is 2.40. The minimum atomic E-state index is -0.778. The number of anilines is 1. The molecular weight excluding hydrogens is 708 g/mol. The number of carbonyl (C=O) groups excluding carboxylic acids is 5. The first kappa shape index (κ1) is 37.5. The smallest absolute Gasteiger partial charge is 0.256 e. The second-order valence-electron chi connectivity index (χ2n) is 14.5. The molecule has 5 amide bonds. The maximum Gasteiger partial charge on any atom is 0.256 e. The molecule has 4 heterocycles.